The molecule has 1 heterocycles. The number of rotatable bonds is 3. The Kier molecular flexibility index (Phi) is 4.75. The number of benzene rings is 1. The van der Waals surface area contributed by atoms with E-state index in [-0.39, 0.29) is 18.0 Å². The maximum atomic E-state index is 13.7. The molecule has 1 aliphatic heterocycles. The number of nitrogens with zero attached hydrogens (tertiary/aromatic N) is 2. The van der Waals surface area contributed by atoms with Gasteiger partial charge in [-0.15, -0.1) is 0 Å². The Morgan fingerprint density at radius 1 is 1.35 bits per heavy atom. The van der Waals surface area contributed by atoms with Crippen molar-refractivity contribution in [3.8, 4) is 0 Å². The molecule has 0 unspecified atom stereocenters. The molecule has 0 radical (unpaired) electrons. The summed E-state index contributed by atoms with van der Waals surface area (Å²) >= 11 is 3.14. The lowest BCUT2D eigenvalue weighted by Gasteiger charge is -2.21. The second kappa shape index (κ2) is 6.35. The normalized spacial score (nSPS) is 14.4. The predicted octanol–water partition coefficient (Wildman–Crippen LogP) is 2.28. The van der Waals surface area contributed by atoms with Gasteiger partial charge >= 0.3 is 0 Å². The molecule has 1 aromatic carbocycles. The van der Waals surface area contributed by atoms with E-state index >= 15 is 0 Å². The summed E-state index contributed by atoms with van der Waals surface area (Å²) in [6, 6.07) is 4.26. The van der Waals surface area contributed by atoms with Gasteiger partial charge in [-0.05, 0) is 31.0 Å². The predicted molar refractivity (Wildman–Crippen MR) is 76.9 cm³/mol. The average Bonchev–Trinajstić information content (AvgIpc) is 2.91. The van der Waals surface area contributed by atoms with Crippen molar-refractivity contribution in [2.24, 2.45) is 0 Å². The molecule has 0 aliphatic carbocycles. The number of carbonyl (C=O) groups is 2. The van der Waals surface area contributed by atoms with E-state index in [1.807, 2.05) is 0 Å². The fourth-order valence-corrected chi connectivity index (χ4v) is 2.54. The summed E-state index contributed by atoms with van der Waals surface area (Å²) < 4.78 is 14.3. The molecule has 0 N–H and O–H groups in total. The Balaban J connectivity index is 2.02. The van der Waals surface area contributed by atoms with Gasteiger partial charge in [-0.3, -0.25) is 9.59 Å². The van der Waals surface area contributed by atoms with Crippen LogP contribution in [-0.4, -0.2) is 48.3 Å². The van der Waals surface area contributed by atoms with Crippen LogP contribution in [0.2, 0.25) is 0 Å². The highest BCUT2D eigenvalue weighted by Gasteiger charge is 2.23. The zero-order valence-corrected chi connectivity index (χ0v) is 12.8. The fraction of sp³-hybridized carbons (Fsp3) is 0.429. The van der Waals surface area contributed by atoms with Crippen molar-refractivity contribution in [2.75, 3.05) is 26.7 Å². The number of carbonyl (C=O) groups excluding carboxylic acids is 2. The van der Waals surface area contributed by atoms with Gasteiger partial charge in [0.05, 0.1) is 12.1 Å². The number of likely N-dealkylation sites (tertiary alicyclic amines) is 1. The number of halogens is 2. The van der Waals surface area contributed by atoms with Crippen LogP contribution < -0.4 is 0 Å². The maximum absolute atomic E-state index is 13.7. The third-order valence-electron chi connectivity index (χ3n) is 3.34. The van der Waals surface area contributed by atoms with Gasteiger partial charge < -0.3 is 9.80 Å². The van der Waals surface area contributed by atoms with Crippen molar-refractivity contribution in [3.63, 3.8) is 0 Å². The summed E-state index contributed by atoms with van der Waals surface area (Å²) in [5, 5.41) is 0. The van der Waals surface area contributed by atoms with Crippen LogP contribution in [0.15, 0.2) is 22.7 Å². The highest BCUT2D eigenvalue weighted by molar-refractivity contribution is 9.10. The van der Waals surface area contributed by atoms with Gasteiger partial charge in [-0.2, -0.15) is 0 Å². The molecule has 1 aromatic rings. The van der Waals surface area contributed by atoms with Crippen molar-refractivity contribution in [2.45, 2.75) is 12.8 Å². The molecular weight excluding hydrogens is 327 g/mol. The molecule has 0 saturated carbocycles. The first-order chi connectivity index (χ1) is 9.49. The maximum Gasteiger partial charge on any atom is 0.257 e. The van der Waals surface area contributed by atoms with Crippen LogP contribution in [-0.2, 0) is 4.79 Å². The third-order valence-corrected chi connectivity index (χ3v) is 3.83. The molecule has 0 atom stereocenters. The van der Waals surface area contributed by atoms with E-state index in [4.69, 9.17) is 0 Å². The summed E-state index contributed by atoms with van der Waals surface area (Å²) in [4.78, 5) is 27.1. The monoisotopic (exact) mass is 342 g/mol. The second-order valence-corrected chi connectivity index (χ2v) is 5.79. The molecule has 4 nitrogen and oxygen atoms in total. The van der Waals surface area contributed by atoms with Gasteiger partial charge in [0.2, 0.25) is 5.91 Å². The lowest BCUT2D eigenvalue weighted by Crippen LogP contribution is -2.40. The van der Waals surface area contributed by atoms with Gasteiger partial charge in [-0.25, -0.2) is 4.39 Å². The summed E-state index contributed by atoms with van der Waals surface area (Å²) in [6.45, 7) is 1.47. The molecule has 20 heavy (non-hydrogen) atoms. The molecule has 0 bridgehead atoms. The first-order valence-corrected chi connectivity index (χ1v) is 7.26. The molecule has 0 aromatic heterocycles. The topological polar surface area (TPSA) is 40.6 Å². The minimum absolute atomic E-state index is 0.0195. The summed E-state index contributed by atoms with van der Waals surface area (Å²) in [7, 11) is 1.51. The zero-order chi connectivity index (χ0) is 14.7. The van der Waals surface area contributed by atoms with Crippen molar-refractivity contribution < 1.29 is 14.0 Å². The Morgan fingerprint density at radius 2 is 2.00 bits per heavy atom. The van der Waals surface area contributed by atoms with Crippen LogP contribution in [0, 0.1) is 5.82 Å². The number of amides is 2. The van der Waals surface area contributed by atoms with Gasteiger partial charge in [0.25, 0.3) is 5.91 Å². The van der Waals surface area contributed by atoms with Gasteiger partial charge in [-0.1, -0.05) is 15.9 Å². The van der Waals surface area contributed by atoms with Crippen LogP contribution in [0.4, 0.5) is 4.39 Å². The standard InChI is InChI=1S/C14H16BrFN2O2/c1-17(9-13(19)18-6-2-3-7-18)14(20)11-5-4-10(15)8-12(11)16/h4-5,8H,2-3,6-7,9H2,1H3. The Labute approximate surface area is 125 Å². The first kappa shape index (κ1) is 15.0. The smallest absolute Gasteiger partial charge is 0.257 e. The molecule has 6 heteroatoms. The Bertz CT molecular complexity index is 530. The molecule has 1 aliphatic rings. The number of hydrogen-bond acceptors (Lipinski definition) is 2. The summed E-state index contributed by atoms with van der Waals surface area (Å²) in [5.41, 5.74) is -0.0232. The van der Waals surface area contributed by atoms with E-state index in [1.54, 1.807) is 11.0 Å². The lowest BCUT2D eigenvalue weighted by atomic mass is 10.2. The van der Waals surface area contributed by atoms with Crippen LogP contribution in [0.5, 0.6) is 0 Å². The molecule has 2 amide bonds. The van der Waals surface area contributed by atoms with E-state index in [0.717, 1.165) is 25.9 Å². The van der Waals surface area contributed by atoms with Crippen LogP contribution in [0.3, 0.4) is 0 Å². The lowest BCUT2D eigenvalue weighted by molar-refractivity contribution is -0.130. The van der Waals surface area contributed by atoms with E-state index in [0.29, 0.717) is 4.47 Å². The van der Waals surface area contributed by atoms with Gasteiger partial charge in [0.1, 0.15) is 5.82 Å². The highest BCUT2D eigenvalue weighted by atomic mass is 79.9. The van der Waals surface area contributed by atoms with Gasteiger partial charge in [0.15, 0.2) is 0 Å². The molecule has 0 spiro atoms. The summed E-state index contributed by atoms with van der Waals surface area (Å²) in [6.07, 6.45) is 2.01. The van der Waals surface area contributed by atoms with Crippen molar-refractivity contribution in [3.05, 3.63) is 34.1 Å². The Morgan fingerprint density at radius 3 is 2.60 bits per heavy atom. The fourth-order valence-electron chi connectivity index (χ4n) is 2.21. The van der Waals surface area contributed by atoms with Crippen LogP contribution in [0.25, 0.3) is 0 Å². The molecule has 1 saturated heterocycles. The molecule has 2 rings (SSSR count). The minimum Gasteiger partial charge on any atom is -0.341 e. The van der Waals surface area contributed by atoms with Gasteiger partial charge in [0, 0.05) is 24.6 Å². The van der Waals surface area contributed by atoms with Crippen LogP contribution >= 0.6 is 15.9 Å². The average molecular weight is 343 g/mol. The molecule has 1 fully saturated rings. The number of likely N-dealkylation sites (N-methyl/N-ethyl adjacent to an activating group) is 1. The van der Waals surface area contributed by atoms with E-state index < -0.39 is 11.7 Å². The zero-order valence-electron chi connectivity index (χ0n) is 11.2. The van der Waals surface area contributed by atoms with Crippen LogP contribution in [0.1, 0.15) is 23.2 Å². The van der Waals surface area contributed by atoms with Crippen molar-refractivity contribution in [1.29, 1.82) is 0 Å². The van der Waals surface area contributed by atoms with E-state index in [1.165, 1.54) is 24.1 Å². The molecular formula is C14H16BrFN2O2. The summed E-state index contributed by atoms with van der Waals surface area (Å²) in [5.74, 6) is -1.16. The molecule has 108 valence electrons. The van der Waals surface area contributed by atoms with E-state index in [2.05, 4.69) is 15.9 Å². The van der Waals surface area contributed by atoms with E-state index in [9.17, 15) is 14.0 Å². The second-order valence-electron chi connectivity index (χ2n) is 4.87. The largest absolute Gasteiger partial charge is 0.341 e. The quantitative estimate of drug-likeness (QED) is 0.845. The van der Waals surface area contributed by atoms with Crippen molar-refractivity contribution in [1.82, 2.24) is 9.80 Å². The minimum atomic E-state index is -0.593. The third kappa shape index (κ3) is 3.36. The Hall–Kier alpha value is -1.43. The van der Waals surface area contributed by atoms with Crippen molar-refractivity contribution >= 4 is 27.7 Å². The highest BCUT2D eigenvalue weighted by Crippen LogP contribution is 2.17. The first-order valence-electron chi connectivity index (χ1n) is 6.47. The SMILES string of the molecule is CN(CC(=O)N1CCCC1)C(=O)c1ccc(Br)cc1F. The number of hydrogen-bond donors (Lipinski definition) is 0.